The summed E-state index contributed by atoms with van der Waals surface area (Å²) in [7, 11) is 2.17. The fourth-order valence-corrected chi connectivity index (χ4v) is 2.36. The molecule has 7 heteroatoms. The third-order valence-corrected chi connectivity index (χ3v) is 3.90. The molecular formula is C17H35ClN2O4. The van der Waals surface area contributed by atoms with Crippen LogP contribution in [0.25, 0.3) is 0 Å². The molecule has 0 aliphatic heterocycles. The van der Waals surface area contributed by atoms with Gasteiger partial charge in [0, 0.05) is 6.42 Å². The van der Waals surface area contributed by atoms with Crippen molar-refractivity contribution in [1.82, 2.24) is 9.96 Å². The highest BCUT2D eigenvalue weighted by Crippen LogP contribution is 2.09. The van der Waals surface area contributed by atoms with E-state index in [9.17, 15) is 14.8 Å². The maximum atomic E-state index is 11.5. The number of unbranched alkanes of at least 4 members (excludes halogenated alkanes) is 6. The van der Waals surface area contributed by atoms with E-state index < -0.39 is 5.97 Å². The van der Waals surface area contributed by atoms with Crippen LogP contribution in [-0.4, -0.2) is 58.8 Å². The molecule has 0 fully saturated rings. The van der Waals surface area contributed by atoms with Crippen LogP contribution in [0, 0.1) is 0 Å². The molecule has 0 rings (SSSR count). The lowest BCUT2D eigenvalue weighted by molar-refractivity contribution is -0.167. The number of nitrogens with zero attached hydrogens (tertiary/aromatic N) is 2. The summed E-state index contributed by atoms with van der Waals surface area (Å²) in [6.07, 6.45) is 9.01. The van der Waals surface area contributed by atoms with Gasteiger partial charge in [-0.1, -0.05) is 39.0 Å². The zero-order chi connectivity index (χ0) is 17.5. The Morgan fingerprint density at radius 2 is 1.38 bits per heavy atom. The van der Waals surface area contributed by atoms with Crippen LogP contribution < -0.4 is 0 Å². The summed E-state index contributed by atoms with van der Waals surface area (Å²) in [5, 5.41) is 18.4. The van der Waals surface area contributed by atoms with Crippen LogP contribution in [0.4, 0.5) is 0 Å². The quantitative estimate of drug-likeness (QED) is 0.263. The maximum absolute atomic E-state index is 11.5. The standard InChI is InChI=1S/C17H34N2O4.ClH/c1-3-4-13-18(2)14-10-8-6-5-7-9-11-16(20)19(23)15-12-17(21)22;/h23H,3-15H2,1-2H3,(H,21,22);1H. The number of hydroxylamine groups is 2. The van der Waals surface area contributed by atoms with Crippen molar-refractivity contribution >= 4 is 24.3 Å². The summed E-state index contributed by atoms with van der Waals surface area (Å²) < 4.78 is 0. The third kappa shape index (κ3) is 16.0. The van der Waals surface area contributed by atoms with Crippen LogP contribution >= 0.6 is 12.4 Å². The van der Waals surface area contributed by atoms with Gasteiger partial charge in [-0.2, -0.15) is 0 Å². The second-order valence-electron chi connectivity index (χ2n) is 6.19. The summed E-state index contributed by atoms with van der Waals surface area (Å²) in [6, 6.07) is 0. The summed E-state index contributed by atoms with van der Waals surface area (Å²) in [5.41, 5.74) is 0. The van der Waals surface area contributed by atoms with Crippen LogP contribution in [0.1, 0.15) is 71.1 Å². The molecule has 0 aromatic heterocycles. The van der Waals surface area contributed by atoms with Crippen LogP contribution in [0.3, 0.4) is 0 Å². The molecule has 0 bridgehead atoms. The summed E-state index contributed by atoms with van der Waals surface area (Å²) in [4.78, 5) is 24.3. The lowest BCUT2D eigenvalue weighted by Gasteiger charge is -2.15. The Morgan fingerprint density at radius 1 is 0.833 bits per heavy atom. The Labute approximate surface area is 152 Å². The Hall–Kier alpha value is -0.850. The van der Waals surface area contributed by atoms with Gasteiger partial charge in [-0.3, -0.25) is 14.8 Å². The van der Waals surface area contributed by atoms with E-state index in [0.29, 0.717) is 5.06 Å². The summed E-state index contributed by atoms with van der Waals surface area (Å²) >= 11 is 0. The Bertz CT molecular complexity index is 330. The van der Waals surface area contributed by atoms with Crippen molar-refractivity contribution in [3.63, 3.8) is 0 Å². The first kappa shape index (κ1) is 25.4. The number of carbonyl (C=O) groups excluding carboxylic acids is 1. The fraction of sp³-hybridized carbons (Fsp3) is 0.882. The highest BCUT2D eigenvalue weighted by molar-refractivity contribution is 5.85. The molecule has 144 valence electrons. The van der Waals surface area contributed by atoms with Gasteiger partial charge in [0.1, 0.15) is 0 Å². The van der Waals surface area contributed by atoms with Gasteiger partial charge in [-0.25, -0.2) is 5.06 Å². The van der Waals surface area contributed by atoms with E-state index in [1.807, 2.05) is 0 Å². The SMILES string of the molecule is CCCCN(C)CCCCCCCCC(=O)N(O)CCC(=O)O.Cl. The predicted octanol–water partition coefficient (Wildman–Crippen LogP) is 3.56. The van der Waals surface area contributed by atoms with Gasteiger partial charge in [0.05, 0.1) is 13.0 Å². The maximum Gasteiger partial charge on any atom is 0.305 e. The van der Waals surface area contributed by atoms with Crippen molar-refractivity contribution in [3.05, 3.63) is 0 Å². The van der Waals surface area contributed by atoms with E-state index in [1.165, 1.54) is 38.6 Å². The minimum atomic E-state index is -1.02. The van der Waals surface area contributed by atoms with E-state index in [-0.39, 0.29) is 37.7 Å². The number of hydrogen-bond donors (Lipinski definition) is 2. The highest BCUT2D eigenvalue weighted by Gasteiger charge is 2.11. The molecule has 0 unspecified atom stereocenters. The van der Waals surface area contributed by atoms with Crippen molar-refractivity contribution in [3.8, 4) is 0 Å². The number of hydrogen-bond acceptors (Lipinski definition) is 4. The first-order valence-electron chi connectivity index (χ1n) is 8.87. The van der Waals surface area contributed by atoms with E-state index in [1.54, 1.807) is 0 Å². The molecule has 0 aromatic carbocycles. The number of halogens is 1. The molecule has 0 aromatic rings. The fourth-order valence-electron chi connectivity index (χ4n) is 2.36. The van der Waals surface area contributed by atoms with Crippen LogP contribution in [-0.2, 0) is 9.59 Å². The Balaban J connectivity index is 0. The summed E-state index contributed by atoms with van der Waals surface area (Å²) in [6.45, 7) is 4.40. The first-order valence-corrected chi connectivity index (χ1v) is 8.87. The molecule has 0 spiro atoms. The normalized spacial score (nSPS) is 10.5. The Kier molecular flexibility index (Phi) is 18.0. The zero-order valence-electron chi connectivity index (χ0n) is 15.2. The van der Waals surface area contributed by atoms with E-state index in [0.717, 1.165) is 25.8 Å². The molecular weight excluding hydrogens is 332 g/mol. The average molecular weight is 367 g/mol. The molecule has 0 saturated heterocycles. The van der Waals surface area contributed by atoms with Crippen molar-refractivity contribution in [2.75, 3.05) is 26.7 Å². The third-order valence-electron chi connectivity index (χ3n) is 3.90. The van der Waals surface area contributed by atoms with Crippen LogP contribution in [0.2, 0.25) is 0 Å². The minimum absolute atomic E-state index is 0. The second-order valence-corrected chi connectivity index (χ2v) is 6.19. The van der Waals surface area contributed by atoms with Gasteiger partial charge < -0.3 is 10.0 Å². The number of rotatable bonds is 15. The second kappa shape index (κ2) is 17.0. The molecule has 1 amide bonds. The molecule has 24 heavy (non-hydrogen) atoms. The van der Waals surface area contributed by atoms with Crippen molar-refractivity contribution in [2.45, 2.75) is 71.1 Å². The highest BCUT2D eigenvalue weighted by atomic mass is 35.5. The van der Waals surface area contributed by atoms with Gasteiger partial charge in [-0.05, 0) is 39.4 Å². The van der Waals surface area contributed by atoms with Gasteiger partial charge in [-0.15, -0.1) is 12.4 Å². The van der Waals surface area contributed by atoms with Crippen molar-refractivity contribution in [2.24, 2.45) is 0 Å². The number of carbonyl (C=O) groups is 2. The number of aliphatic carboxylic acids is 1. The van der Waals surface area contributed by atoms with Gasteiger partial charge in [0.25, 0.3) is 0 Å². The van der Waals surface area contributed by atoms with E-state index in [4.69, 9.17) is 5.11 Å². The monoisotopic (exact) mass is 366 g/mol. The van der Waals surface area contributed by atoms with Gasteiger partial charge in [0.2, 0.25) is 5.91 Å². The van der Waals surface area contributed by atoms with E-state index in [2.05, 4.69) is 18.9 Å². The van der Waals surface area contributed by atoms with Crippen molar-refractivity contribution in [1.29, 1.82) is 0 Å². The predicted molar refractivity (Wildman–Crippen MR) is 97.7 cm³/mol. The number of carboxylic acid groups (broad SMARTS) is 1. The number of carboxylic acids is 1. The van der Waals surface area contributed by atoms with Gasteiger partial charge >= 0.3 is 5.97 Å². The topological polar surface area (TPSA) is 81.1 Å². The molecule has 0 saturated carbocycles. The van der Waals surface area contributed by atoms with E-state index >= 15 is 0 Å². The van der Waals surface area contributed by atoms with Crippen LogP contribution in [0.15, 0.2) is 0 Å². The lowest BCUT2D eigenvalue weighted by Crippen LogP contribution is -2.29. The first-order chi connectivity index (χ1) is 11.0. The molecule has 0 aliphatic rings. The average Bonchev–Trinajstić information content (AvgIpc) is 2.52. The van der Waals surface area contributed by atoms with Gasteiger partial charge in [0.15, 0.2) is 0 Å². The number of amides is 1. The molecule has 0 aliphatic carbocycles. The molecule has 0 heterocycles. The lowest BCUT2D eigenvalue weighted by atomic mass is 10.1. The molecule has 6 nitrogen and oxygen atoms in total. The van der Waals surface area contributed by atoms with Crippen molar-refractivity contribution < 1.29 is 19.9 Å². The summed E-state index contributed by atoms with van der Waals surface area (Å²) in [5.74, 6) is -1.40. The Morgan fingerprint density at radius 3 is 1.96 bits per heavy atom. The molecule has 0 radical (unpaired) electrons. The molecule has 2 N–H and O–H groups in total. The smallest absolute Gasteiger partial charge is 0.305 e. The largest absolute Gasteiger partial charge is 0.481 e. The van der Waals surface area contributed by atoms with Crippen LogP contribution in [0.5, 0.6) is 0 Å². The molecule has 0 atom stereocenters. The minimum Gasteiger partial charge on any atom is -0.481 e. The zero-order valence-corrected chi connectivity index (χ0v) is 16.0.